The molecule has 1 aliphatic rings. The van der Waals surface area contributed by atoms with Gasteiger partial charge < -0.3 is 10.4 Å². The Kier molecular flexibility index (Phi) is 6.08. The summed E-state index contributed by atoms with van der Waals surface area (Å²) < 4.78 is 0. The molecule has 0 radical (unpaired) electrons. The Morgan fingerprint density at radius 3 is 2.44 bits per heavy atom. The van der Waals surface area contributed by atoms with Crippen LogP contribution >= 0.6 is 23.2 Å². The lowest BCUT2D eigenvalue weighted by Gasteiger charge is -2.45. The Morgan fingerprint density at radius 1 is 1.28 bits per heavy atom. The number of hydrogen-bond donors (Lipinski definition) is 2. The maximum Gasteiger partial charge on any atom is 0.408 e. The summed E-state index contributed by atoms with van der Waals surface area (Å²) in [5.74, 6) is 0. The molecule has 2 N–H and O–H groups in total. The first-order valence-corrected chi connectivity index (χ1v) is 9.08. The van der Waals surface area contributed by atoms with E-state index >= 15 is 0 Å². The number of anilines is 1. The predicted octanol–water partition coefficient (Wildman–Crippen LogP) is 5.37. The van der Waals surface area contributed by atoms with Crippen molar-refractivity contribution < 1.29 is 9.90 Å². The summed E-state index contributed by atoms with van der Waals surface area (Å²) in [6, 6.07) is 5.02. The van der Waals surface area contributed by atoms with Gasteiger partial charge in [0, 0.05) is 11.6 Å². The maximum absolute atomic E-state index is 11.9. The lowest BCUT2D eigenvalue weighted by molar-refractivity contribution is 0.0520. The smallest absolute Gasteiger partial charge is 0.408 e. The minimum Gasteiger partial charge on any atom is -0.465 e. The highest BCUT2D eigenvalue weighted by atomic mass is 35.5. The van der Waals surface area contributed by atoms with Crippen LogP contribution in [0.1, 0.15) is 52.0 Å². The van der Waals surface area contributed by atoms with Crippen LogP contribution in [0.3, 0.4) is 0 Å². The number of carboxylic acid groups (broad SMARTS) is 1. The minimum atomic E-state index is -0.930. The molecule has 136 valence electrons. The molecule has 0 bridgehead atoms. The van der Waals surface area contributed by atoms with Crippen LogP contribution in [0.4, 0.5) is 10.5 Å². The fourth-order valence-electron chi connectivity index (χ4n) is 3.47. The molecule has 1 aliphatic carbocycles. The summed E-state index contributed by atoms with van der Waals surface area (Å²) >= 11 is 12.1. The first kappa shape index (κ1) is 19.7. The van der Waals surface area contributed by atoms with Crippen LogP contribution in [0, 0.1) is 11.3 Å². The third-order valence-corrected chi connectivity index (χ3v) is 5.23. The molecular formula is C18H23Cl2N3O2. The summed E-state index contributed by atoms with van der Waals surface area (Å²) in [7, 11) is 0. The SMILES string of the molecule is CC(C)(C)N(C(=O)O)[C@@H]1CCCC[C@H]1Nc1cc(Cl)c(Cl)cc1C#N. The highest BCUT2D eigenvalue weighted by Gasteiger charge is 2.39. The van der Waals surface area contributed by atoms with Gasteiger partial charge in [-0.1, -0.05) is 36.0 Å². The van der Waals surface area contributed by atoms with E-state index in [2.05, 4.69) is 11.4 Å². The summed E-state index contributed by atoms with van der Waals surface area (Å²) in [5.41, 5.74) is 0.480. The second kappa shape index (κ2) is 7.72. The second-order valence-corrected chi connectivity index (χ2v) is 8.16. The molecule has 0 aromatic heterocycles. The molecule has 2 atom stereocenters. The molecule has 0 saturated heterocycles. The van der Waals surface area contributed by atoms with Crippen molar-refractivity contribution in [1.29, 1.82) is 5.26 Å². The molecule has 1 amide bonds. The van der Waals surface area contributed by atoms with E-state index in [-0.39, 0.29) is 12.1 Å². The fourth-order valence-corrected chi connectivity index (χ4v) is 3.80. The van der Waals surface area contributed by atoms with Gasteiger partial charge >= 0.3 is 6.09 Å². The van der Waals surface area contributed by atoms with Gasteiger partial charge in [-0.3, -0.25) is 4.90 Å². The summed E-state index contributed by atoms with van der Waals surface area (Å²) in [4.78, 5) is 13.4. The third-order valence-electron chi connectivity index (χ3n) is 4.51. The van der Waals surface area contributed by atoms with Crippen LogP contribution < -0.4 is 5.32 Å². The van der Waals surface area contributed by atoms with Gasteiger partial charge in [-0.15, -0.1) is 0 Å². The van der Waals surface area contributed by atoms with Crippen molar-refractivity contribution in [3.63, 3.8) is 0 Å². The van der Waals surface area contributed by atoms with Crippen molar-refractivity contribution in [2.24, 2.45) is 0 Å². The van der Waals surface area contributed by atoms with Crippen molar-refractivity contribution in [1.82, 2.24) is 4.90 Å². The molecule has 1 aromatic carbocycles. The molecule has 5 nitrogen and oxygen atoms in total. The van der Waals surface area contributed by atoms with E-state index in [1.54, 1.807) is 6.07 Å². The zero-order valence-corrected chi connectivity index (χ0v) is 16.2. The third kappa shape index (κ3) is 4.50. The number of hydrogen-bond acceptors (Lipinski definition) is 3. The second-order valence-electron chi connectivity index (χ2n) is 7.35. The van der Waals surface area contributed by atoms with Gasteiger partial charge in [0.25, 0.3) is 0 Å². The molecule has 2 rings (SSSR count). The van der Waals surface area contributed by atoms with Gasteiger partial charge in [-0.2, -0.15) is 5.26 Å². The Bertz CT molecular complexity index is 695. The molecule has 0 unspecified atom stereocenters. The van der Waals surface area contributed by atoms with Gasteiger partial charge in [0.05, 0.1) is 27.3 Å². The van der Waals surface area contributed by atoms with E-state index in [4.69, 9.17) is 23.2 Å². The number of nitriles is 1. The van der Waals surface area contributed by atoms with Gasteiger partial charge in [-0.25, -0.2) is 4.79 Å². The van der Waals surface area contributed by atoms with Crippen LogP contribution in [-0.4, -0.2) is 33.7 Å². The topological polar surface area (TPSA) is 76.4 Å². The zero-order chi connectivity index (χ0) is 18.8. The highest BCUT2D eigenvalue weighted by Crippen LogP contribution is 2.34. The van der Waals surface area contributed by atoms with Gasteiger partial charge in [0.1, 0.15) is 6.07 Å². The number of halogens is 2. The lowest BCUT2D eigenvalue weighted by Crippen LogP contribution is -2.58. The zero-order valence-electron chi connectivity index (χ0n) is 14.6. The lowest BCUT2D eigenvalue weighted by atomic mass is 9.86. The Labute approximate surface area is 158 Å². The summed E-state index contributed by atoms with van der Waals surface area (Å²) in [5, 5.41) is 23.1. The normalized spacial score (nSPS) is 20.6. The summed E-state index contributed by atoms with van der Waals surface area (Å²) in [6.45, 7) is 5.69. The number of nitrogens with one attached hydrogen (secondary N) is 1. The largest absolute Gasteiger partial charge is 0.465 e. The van der Waals surface area contributed by atoms with E-state index in [1.165, 1.54) is 11.0 Å². The molecule has 0 heterocycles. The van der Waals surface area contributed by atoms with Gasteiger partial charge in [0.2, 0.25) is 0 Å². The van der Waals surface area contributed by atoms with Crippen LogP contribution in [0.2, 0.25) is 10.0 Å². The van der Waals surface area contributed by atoms with Crippen molar-refractivity contribution >= 4 is 35.0 Å². The Hall–Kier alpha value is -1.64. The molecule has 0 aliphatic heterocycles. The standard InChI is InChI=1S/C18H23Cl2N3O2/c1-18(2,3)23(17(24)25)16-7-5-4-6-14(16)22-15-9-13(20)12(19)8-11(15)10-21/h8-9,14,16,22H,4-7H2,1-3H3,(H,24,25)/t14-,16-/m1/s1. The van der Waals surface area contributed by atoms with E-state index in [1.807, 2.05) is 20.8 Å². The quantitative estimate of drug-likeness (QED) is 0.735. The Morgan fingerprint density at radius 2 is 1.88 bits per heavy atom. The van der Waals surface area contributed by atoms with E-state index < -0.39 is 11.6 Å². The number of amides is 1. The van der Waals surface area contributed by atoms with Crippen molar-refractivity contribution in [3.8, 4) is 6.07 Å². The number of carbonyl (C=O) groups is 1. The van der Waals surface area contributed by atoms with Gasteiger partial charge in [0.15, 0.2) is 0 Å². The van der Waals surface area contributed by atoms with Gasteiger partial charge in [-0.05, 0) is 45.7 Å². The first-order chi connectivity index (χ1) is 11.6. The molecule has 1 fully saturated rings. The first-order valence-electron chi connectivity index (χ1n) is 8.33. The van der Waals surface area contributed by atoms with Crippen LogP contribution in [0.15, 0.2) is 12.1 Å². The highest BCUT2D eigenvalue weighted by molar-refractivity contribution is 6.42. The number of rotatable bonds is 3. The molecular weight excluding hydrogens is 361 g/mol. The van der Waals surface area contributed by atoms with E-state index in [0.717, 1.165) is 25.7 Å². The summed E-state index contributed by atoms with van der Waals surface area (Å²) in [6.07, 6.45) is 2.67. The molecule has 1 saturated carbocycles. The maximum atomic E-state index is 11.9. The monoisotopic (exact) mass is 383 g/mol. The molecule has 25 heavy (non-hydrogen) atoms. The van der Waals surface area contributed by atoms with Crippen molar-refractivity contribution in [2.45, 2.75) is 64.1 Å². The van der Waals surface area contributed by atoms with Crippen LogP contribution in [-0.2, 0) is 0 Å². The molecule has 0 spiro atoms. The van der Waals surface area contributed by atoms with Crippen LogP contribution in [0.5, 0.6) is 0 Å². The van der Waals surface area contributed by atoms with E-state index in [9.17, 15) is 15.2 Å². The number of benzene rings is 1. The number of nitrogens with zero attached hydrogens (tertiary/aromatic N) is 2. The fraction of sp³-hybridized carbons (Fsp3) is 0.556. The average Bonchev–Trinajstić information content (AvgIpc) is 2.50. The molecule has 1 aromatic rings. The van der Waals surface area contributed by atoms with Crippen molar-refractivity contribution in [3.05, 3.63) is 27.7 Å². The van der Waals surface area contributed by atoms with Crippen LogP contribution in [0.25, 0.3) is 0 Å². The predicted molar refractivity (Wildman–Crippen MR) is 100 cm³/mol. The molecule has 7 heteroatoms. The Balaban J connectivity index is 2.35. The minimum absolute atomic E-state index is 0.0894. The van der Waals surface area contributed by atoms with Crippen molar-refractivity contribution in [2.75, 3.05) is 5.32 Å². The van der Waals surface area contributed by atoms with E-state index in [0.29, 0.717) is 21.3 Å². The average molecular weight is 384 g/mol.